The second-order valence-corrected chi connectivity index (χ2v) is 6.36. The fraction of sp³-hybridized carbons (Fsp3) is 0.0909. The summed E-state index contributed by atoms with van der Waals surface area (Å²) in [4.78, 5) is 0. The van der Waals surface area contributed by atoms with Gasteiger partial charge in [-0.15, -0.1) is 0 Å². The Labute approximate surface area is 94.7 Å². The molecule has 0 aromatic carbocycles. The van der Waals surface area contributed by atoms with E-state index in [-0.39, 0.29) is 3.23 Å². The summed E-state index contributed by atoms with van der Waals surface area (Å²) in [6, 6.07) is 0. The van der Waals surface area contributed by atoms with Gasteiger partial charge < -0.3 is 0 Å². The van der Waals surface area contributed by atoms with E-state index < -0.39 is 0 Å². The van der Waals surface area contributed by atoms with Crippen LogP contribution in [0, 0.1) is 0 Å². The van der Waals surface area contributed by atoms with Gasteiger partial charge in [0.2, 0.25) is 0 Å². The van der Waals surface area contributed by atoms with E-state index in [0.717, 1.165) is 0 Å². The van der Waals surface area contributed by atoms with E-state index in [1.54, 1.807) is 0 Å². The van der Waals surface area contributed by atoms with Crippen molar-refractivity contribution in [2.45, 2.75) is 3.23 Å². The van der Waals surface area contributed by atoms with Gasteiger partial charge in [-0.2, -0.15) is 0 Å². The topological polar surface area (TPSA) is 0 Å². The van der Waals surface area contributed by atoms with Crippen molar-refractivity contribution in [3.63, 3.8) is 0 Å². The van der Waals surface area contributed by atoms with Gasteiger partial charge in [0.15, 0.2) is 0 Å². The summed E-state index contributed by atoms with van der Waals surface area (Å²) in [5, 5.41) is 0. The quantitative estimate of drug-likeness (QED) is 0.593. The van der Waals surface area contributed by atoms with Crippen LogP contribution >= 0.6 is 31.9 Å². The van der Waals surface area contributed by atoms with Gasteiger partial charge in [-0.1, -0.05) is 80.5 Å². The van der Waals surface area contributed by atoms with Gasteiger partial charge in [0.25, 0.3) is 0 Å². The van der Waals surface area contributed by atoms with Crippen molar-refractivity contribution in [2.24, 2.45) is 0 Å². The van der Waals surface area contributed by atoms with E-state index in [1.807, 2.05) is 24.3 Å². The Bertz CT molecular complexity index is 332. The van der Waals surface area contributed by atoms with Gasteiger partial charge in [-0.25, -0.2) is 0 Å². The molecule has 0 aromatic heterocycles. The minimum Gasteiger partial charge on any atom is -0.0621 e. The third kappa shape index (κ3) is 1.65. The lowest BCUT2D eigenvalue weighted by molar-refractivity contribution is 1.21. The van der Waals surface area contributed by atoms with E-state index >= 15 is 0 Å². The highest BCUT2D eigenvalue weighted by atomic mass is 79.9. The number of allylic oxidation sites excluding steroid dienone is 10. The molecule has 0 heterocycles. The molecule has 0 spiro atoms. The molecule has 2 aliphatic rings. The molecule has 0 unspecified atom stereocenters. The zero-order valence-electron chi connectivity index (χ0n) is 6.87. The minimum atomic E-state index is -0.229. The summed E-state index contributed by atoms with van der Waals surface area (Å²) in [7, 11) is 0. The van der Waals surface area contributed by atoms with Crippen molar-refractivity contribution in [2.75, 3.05) is 0 Å². The molecular weight excluding hydrogens is 292 g/mol. The fourth-order valence-corrected chi connectivity index (χ4v) is 2.39. The van der Waals surface area contributed by atoms with E-state index in [2.05, 4.69) is 56.2 Å². The molecule has 0 radical (unpaired) electrons. The van der Waals surface area contributed by atoms with Crippen LogP contribution in [-0.2, 0) is 0 Å². The molecule has 2 bridgehead atoms. The van der Waals surface area contributed by atoms with Crippen LogP contribution < -0.4 is 0 Å². The van der Waals surface area contributed by atoms with E-state index in [1.165, 1.54) is 11.1 Å². The first kappa shape index (κ1) is 9.22. The first-order chi connectivity index (χ1) is 6.21. The highest BCUT2D eigenvalue weighted by Crippen LogP contribution is 2.44. The normalized spacial score (nSPS) is 23.2. The highest BCUT2D eigenvalue weighted by Gasteiger charge is 2.30. The maximum absolute atomic E-state index is 3.67. The molecule has 2 aliphatic carbocycles. The summed E-state index contributed by atoms with van der Waals surface area (Å²) < 4.78 is -0.229. The Morgan fingerprint density at radius 2 is 1.23 bits per heavy atom. The summed E-state index contributed by atoms with van der Waals surface area (Å²) in [6.07, 6.45) is 16.6. The van der Waals surface area contributed by atoms with Gasteiger partial charge in [0.05, 0.1) is 0 Å². The van der Waals surface area contributed by atoms with Crippen LogP contribution in [0.15, 0.2) is 59.8 Å². The first-order valence-electron chi connectivity index (χ1n) is 4.03. The third-order valence-electron chi connectivity index (χ3n) is 2.05. The van der Waals surface area contributed by atoms with Gasteiger partial charge >= 0.3 is 0 Å². The lowest BCUT2D eigenvalue weighted by Crippen LogP contribution is -2.14. The molecule has 0 nitrogen and oxygen atoms in total. The standard InChI is InChI=1S/C11H8Br2/c12-11(13)9-5-1-2-6-10(11)8-4-3-7-9/h1-8H. The third-order valence-corrected chi connectivity index (χ3v) is 3.88. The van der Waals surface area contributed by atoms with Crippen LogP contribution in [0.3, 0.4) is 0 Å². The zero-order valence-corrected chi connectivity index (χ0v) is 10.0. The maximum atomic E-state index is 3.67. The summed E-state index contributed by atoms with van der Waals surface area (Å²) in [5.41, 5.74) is 2.41. The fourth-order valence-electron chi connectivity index (χ4n) is 1.33. The molecule has 0 saturated heterocycles. The molecule has 0 atom stereocenters. The van der Waals surface area contributed by atoms with E-state index in [4.69, 9.17) is 0 Å². The second-order valence-electron chi connectivity index (χ2n) is 2.92. The number of hydrogen-bond acceptors (Lipinski definition) is 0. The monoisotopic (exact) mass is 298 g/mol. The largest absolute Gasteiger partial charge is 0.130 e. The first-order valence-corrected chi connectivity index (χ1v) is 5.62. The van der Waals surface area contributed by atoms with Crippen molar-refractivity contribution in [3.8, 4) is 0 Å². The lowest BCUT2D eigenvalue weighted by Gasteiger charge is -2.21. The summed E-state index contributed by atoms with van der Waals surface area (Å²) >= 11 is 7.35. The van der Waals surface area contributed by atoms with Crippen molar-refractivity contribution in [3.05, 3.63) is 59.8 Å². The number of rotatable bonds is 0. The molecule has 2 heteroatoms. The van der Waals surface area contributed by atoms with Crippen molar-refractivity contribution in [1.82, 2.24) is 0 Å². The molecule has 2 rings (SSSR count). The maximum Gasteiger partial charge on any atom is 0.130 e. The average molecular weight is 300 g/mol. The molecule has 13 heavy (non-hydrogen) atoms. The molecule has 0 saturated carbocycles. The van der Waals surface area contributed by atoms with Crippen molar-refractivity contribution < 1.29 is 0 Å². The molecule has 0 N–H and O–H groups in total. The summed E-state index contributed by atoms with van der Waals surface area (Å²) in [5.74, 6) is 0. The van der Waals surface area contributed by atoms with E-state index in [9.17, 15) is 0 Å². The van der Waals surface area contributed by atoms with Crippen molar-refractivity contribution >= 4 is 31.9 Å². The van der Waals surface area contributed by atoms with Crippen LogP contribution in [0.4, 0.5) is 0 Å². The Hall–Kier alpha value is -0.340. The molecule has 0 aliphatic heterocycles. The van der Waals surface area contributed by atoms with Gasteiger partial charge in [0, 0.05) is 0 Å². The number of halogens is 2. The number of fused-ring (bicyclic) bond motifs is 2. The van der Waals surface area contributed by atoms with Crippen LogP contribution in [0.25, 0.3) is 0 Å². The molecule has 66 valence electrons. The summed E-state index contributed by atoms with van der Waals surface area (Å²) in [6.45, 7) is 0. The predicted octanol–water partition coefficient (Wildman–Crippen LogP) is 4.02. The Kier molecular flexibility index (Phi) is 2.43. The van der Waals surface area contributed by atoms with Gasteiger partial charge in [-0.3, -0.25) is 0 Å². The van der Waals surface area contributed by atoms with Gasteiger partial charge in [-0.05, 0) is 11.1 Å². The van der Waals surface area contributed by atoms with Crippen molar-refractivity contribution in [1.29, 1.82) is 0 Å². The number of hydrogen-bond donors (Lipinski definition) is 0. The Balaban J connectivity index is 2.63. The smallest absolute Gasteiger partial charge is 0.0621 e. The van der Waals surface area contributed by atoms with Crippen LogP contribution in [-0.4, -0.2) is 3.23 Å². The van der Waals surface area contributed by atoms with Crippen LogP contribution in [0.2, 0.25) is 0 Å². The average Bonchev–Trinajstić information content (AvgIpc) is 2.32. The van der Waals surface area contributed by atoms with E-state index in [0.29, 0.717) is 0 Å². The van der Waals surface area contributed by atoms with Crippen LogP contribution in [0.5, 0.6) is 0 Å². The SMILES string of the molecule is BrC1(Br)C2=CC=CC=C1C=CC=C2. The van der Waals surface area contributed by atoms with Crippen LogP contribution in [0.1, 0.15) is 0 Å². The molecular formula is C11H8Br2. The minimum absolute atomic E-state index is 0.229. The second kappa shape index (κ2) is 3.43. The molecule has 0 amide bonds. The Morgan fingerprint density at radius 1 is 0.769 bits per heavy atom. The number of alkyl halides is 2. The predicted molar refractivity (Wildman–Crippen MR) is 64.2 cm³/mol. The Morgan fingerprint density at radius 3 is 1.69 bits per heavy atom. The molecule has 0 fully saturated rings. The molecule has 0 aromatic rings. The lowest BCUT2D eigenvalue weighted by atomic mass is 10.1. The zero-order chi connectivity index (χ0) is 9.31. The highest BCUT2D eigenvalue weighted by molar-refractivity contribution is 9.25. The van der Waals surface area contributed by atoms with Gasteiger partial charge in [0.1, 0.15) is 3.23 Å².